The van der Waals surface area contributed by atoms with E-state index in [0.717, 1.165) is 29.7 Å². The van der Waals surface area contributed by atoms with Gasteiger partial charge in [0.1, 0.15) is 5.76 Å². The summed E-state index contributed by atoms with van der Waals surface area (Å²) in [5.74, 6) is 0.799. The van der Waals surface area contributed by atoms with Crippen molar-refractivity contribution in [2.24, 2.45) is 0 Å². The number of allylic oxidation sites excluding steroid dienone is 2. The average Bonchev–Trinajstić information content (AvgIpc) is 2.39. The molecule has 0 radical (unpaired) electrons. The van der Waals surface area contributed by atoms with Crippen molar-refractivity contribution in [1.82, 2.24) is 0 Å². The third-order valence-corrected chi connectivity index (χ3v) is 5.10. The smallest absolute Gasteiger partial charge is 0.411 e. The summed E-state index contributed by atoms with van der Waals surface area (Å²) in [5.41, 5.74) is 2.15. The second kappa shape index (κ2) is 5.29. The highest BCUT2D eigenvalue weighted by Crippen LogP contribution is 2.55. The third kappa shape index (κ3) is 2.13. The molecule has 0 saturated heterocycles. The van der Waals surface area contributed by atoms with Crippen molar-refractivity contribution in [3.05, 3.63) is 35.6 Å². The molecular formula is C14H19O3P. The molecule has 0 fully saturated rings. The van der Waals surface area contributed by atoms with Crippen LogP contribution in [-0.2, 0) is 13.6 Å². The summed E-state index contributed by atoms with van der Waals surface area (Å²) in [5, 5.41) is 0.695. The first-order valence-corrected chi connectivity index (χ1v) is 7.96. The zero-order valence-corrected chi connectivity index (χ0v) is 12.0. The maximum absolute atomic E-state index is 12.8. The fraction of sp³-hybridized carbons (Fsp3) is 0.429. The van der Waals surface area contributed by atoms with Gasteiger partial charge in [0.2, 0.25) is 0 Å². The van der Waals surface area contributed by atoms with Crippen molar-refractivity contribution in [2.45, 2.75) is 33.6 Å². The van der Waals surface area contributed by atoms with Gasteiger partial charge in [0.05, 0.1) is 11.9 Å². The Labute approximate surface area is 108 Å². The SMILES string of the molecule is CCOP1(=O)OC(CC)=C(CC)c2ccccc21. The molecule has 0 spiro atoms. The van der Waals surface area contributed by atoms with Crippen molar-refractivity contribution in [1.29, 1.82) is 0 Å². The van der Waals surface area contributed by atoms with Gasteiger partial charge in [0.25, 0.3) is 0 Å². The van der Waals surface area contributed by atoms with Crippen molar-refractivity contribution < 1.29 is 13.6 Å². The van der Waals surface area contributed by atoms with E-state index in [2.05, 4.69) is 6.92 Å². The molecule has 0 bridgehead atoms. The van der Waals surface area contributed by atoms with E-state index in [9.17, 15) is 4.57 Å². The first kappa shape index (κ1) is 13.4. The van der Waals surface area contributed by atoms with Gasteiger partial charge in [0, 0.05) is 6.42 Å². The Balaban J connectivity index is 2.63. The maximum atomic E-state index is 12.8. The molecule has 0 aromatic heterocycles. The van der Waals surface area contributed by atoms with E-state index in [1.807, 2.05) is 38.1 Å². The van der Waals surface area contributed by atoms with Crippen LogP contribution < -0.4 is 5.30 Å². The Morgan fingerprint density at radius 2 is 1.89 bits per heavy atom. The first-order chi connectivity index (χ1) is 8.66. The van der Waals surface area contributed by atoms with E-state index >= 15 is 0 Å². The van der Waals surface area contributed by atoms with Gasteiger partial charge in [-0.05, 0) is 30.5 Å². The summed E-state index contributed by atoms with van der Waals surface area (Å²) in [6, 6.07) is 7.67. The van der Waals surface area contributed by atoms with E-state index in [1.165, 1.54) is 0 Å². The largest absolute Gasteiger partial charge is 0.425 e. The molecule has 4 heteroatoms. The second-order valence-corrected chi connectivity index (χ2v) is 6.05. The lowest BCUT2D eigenvalue weighted by atomic mass is 10.0. The molecule has 1 aliphatic rings. The maximum Gasteiger partial charge on any atom is 0.411 e. The number of hydrogen-bond acceptors (Lipinski definition) is 3. The first-order valence-electron chi connectivity index (χ1n) is 6.42. The van der Waals surface area contributed by atoms with Crippen LogP contribution in [-0.4, -0.2) is 6.61 Å². The topological polar surface area (TPSA) is 35.5 Å². The Hall–Kier alpha value is -1.05. The summed E-state index contributed by atoms with van der Waals surface area (Å²) < 4.78 is 23.9. The predicted molar refractivity (Wildman–Crippen MR) is 73.9 cm³/mol. The summed E-state index contributed by atoms with van der Waals surface area (Å²) in [7, 11) is -3.18. The van der Waals surface area contributed by atoms with Gasteiger partial charge in [-0.2, -0.15) is 0 Å². The van der Waals surface area contributed by atoms with Crippen LogP contribution in [0.15, 0.2) is 30.0 Å². The van der Waals surface area contributed by atoms with Gasteiger partial charge in [-0.3, -0.25) is 4.52 Å². The fourth-order valence-corrected chi connectivity index (χ4v) is 4.23. The lowest BCUT2D eigenvalue weighted by Crippen LogP contribution is -2.20. The van der Waals surface area contributed by atoms with Crippen LogP contribution in [0.2, 0.25) is 0 Å². The normalized spacial score (nSPS) is 22.6. The third-order valence-electron chi connectivity index (χ3n) is 3.06. The molecule has 0 aliphatic carbocycles. The lowest BCUT2D eigenvalue weighted by Gasteiger charge is -2.29. The van der Waals surface area contributed by atoms with Crippen LogP contribution in [0.25, 0.3) is 5.57 Å². The summed E-state index contributed by atoms with van der Waals surface area (Å²) >= 11 is 0. The molecular weight excluding hydrogens is 247 g/mol. The van der Waals surface area contributed by atoms with E-state index in [4.69, 9.17) is 9.05 Å². The van der Waals surface area contributed by atoms with Gasteiger partial charge < -0.3 is 4.52 Å². The highest BCUT2D eigenvalue weighted by atomic mass is 31.2. The van der Waals surface area contributed by atoms with Gasteiger partial charge in [-0.25, -0.2) is 4.57 Å². The molecule has 18 heavy (non-hydrogen) atoms. The van der Waals surface area contributed by atoms with Crippen LogP contribution in [0.1, 0.15) is 39.2 Å². The van der Waals surface area contributed by atoms with Gasteiger partial charge in [-0.1, -0.05) is 32.0 Å². The fourth-order valence-electron chi connectivity index (χ4n) is 2.30. The van der Waals surface area contributed by atoms with Crippen molar-refractivity contribution in [3.63, 3.8) is 0 Å². The zero-order chi connectivity index (χ0) is 13.2. The monoisotopic (exact) mass is 266 g/mol. The molecule has 1 atom stereocenters. The number of hydrogen-bond donors (Lipinski definition) is 0. The van der Waals surface area contributed by atoms with Crippen LogP contribution in [0.5, 0.6) is 0 Å². The molecule has 1 unspecified atom stereocenters. The molecule has 1 aromatic carbocycles. The summed E-state index contributed by atoms with van der Waals surface area (Å²) in [4.78, 5) is 0. The lowest BCUT2D eigenvalue weighted by molar-refractivity contribution is 0.255. The minimum Gasteiger partial charge on any atom is -0.425 e. The number of fused-ring (bicyclic) bond motifs is 1. The molecule has 3 nitrogen and oxygen atoms in total. The van der Waals surface area contributed by atoms with Crippen LogP contribution in [0, 0.1) is 0 Å². The van der Waals surface area contributed by atoms with Crippen LogP contribution in [0.4, 0.5) is 0 Å². The molecule has 0 saturated carbocycles. The Kier molecular flexibility index (Phi) is 3.94. The summed E-state index contributed by atoms with van der Waals surface area (Å²) in [6.45, 7) is 6.30. The minimum absolute atomic E-state index is 0.379. The van der Waals surface area contributed by atoms with E-state index in [0.29, 0.717) is 11.9 Å². The van der Waals surface area contributed by atoms with Gasteiger partial charge in [0.15, 0.2) is 0 Å². The van der Waals surface area contributed by atoms with E-state index < -0.39 is 7.60 Å². The Morgan fingerprint density at radius 3 is 2.50 bits per heavy atom. The molecule has 98 valence electrons. The van der Waals surface area contributed by atoms with E-state index in [-0.39, 0.29) is 0 Å². The minimum atomic E-state index is -3.18. The molecule has 1 aromatic rings. The standard InChI is InChI=1S/C14H19O3P/c1-4-11-12-9-7-8-10-14(12)18(15,16-6-3)17-13(11)5-2/h7-10H,4-6H2,1-3H3. The predicted octanol–water partition coefficient (Wildman–Crippen LogP) is 4.10. The quantitative estimate of drug-likeness (QED) is 0.769. The number of rotatable bonds is 4. The average molecular weight is 266 g/mol. The summed E-state index contributed by atoms with van der Waals surface area (Å²) in [6.07, 6.45) is 1.60. The zero-order valence-electron chi connectivity index (χ0n) is 11.1. The molecule has 1 aliphatic heterocycles. The second-order valence-electron chi connectivity index (χ2n) is 4.13. The molecule has 0 N–H and O–H groups in total. The molecule has 1 heterocycles. The molecule has 2 rings (SSSR count). The Morgan fingerprint density at radius 1 is 1.17 bits per heavy atom. The van der Waals surface area contributed by atoms with Crippen LogP contribution >= 0.6 is 7.60 Å². The van der Waals surface area contributed by atoms with E-state index in [1.54, 1.807) is 0 Å². The highest BCUT2D eigenvalue weighted by Gasteiger charge is 2.37. The Bertz CT molecular complexity index is 520. The van der Waals surface area contributed by atoms with Crippen LogP contribution in [0.3, 0.4) is 0 Å². The van der Waals surface area contributed by atoms with Crippen molar-refractivity contribution in [2.75, 3.05) is 6.61 Å². The highest BCUT2D eigenvalue weighted by molar-refractivity contribution is 7.62. The number of benzene rings is 1. The van der Waals surface area contributed by atoms with Crippen molar-refractivity contribution in [3.8, 4) is 0 Å². The van der Waals surface area contributed by atoms with Crippen molar-refractivity contribution >= 4 is 18.5 Å². The molecule has 0 amide bonds. The van der Waals surface area contributed by atoms with Gasteiger partial charge in [-0.15, -0.1) is 0 Å². The van der Waals surface area contributed by atoms with Gasteiger partial charge >= 0.3 is 7.60 Å².